The van der Waals surface area contributed by atoms with Crippen molar-refractivity contribution in [1.29, 1.82) is 0 Å². The average molecular weight is 349 g/mol. The molecule has 2 N–H and O–H groups in total. The highest BCUT2D eigenvalue weighted by molar-refractivity contribution is 6.30. The van der Waals surface area contributed by atoms with Crippen LogP contribution >= 0.6 is 24.0 Å². The van der Waals surface area contributed by atoms with Gasteiger partial charge in [-0.1, -0.05) is 24.6 Å². The summed E-state index contributed by atoms with van der Waals surface area (Å²) < 4.78 is 13.1. The summed E-state index contributed by atoms with van der Waals surface area (Å²) in [6.07, 6.45) is 2.90. The molecule has 2 atom stereocenters. The topological polar surface area (TPSA) is 41.1 Å². The van der Waals surface area contributed by atoms with Gasteiger partial charge in [0.2, 0.25) is 5.91 Å². The van der Waals surface area contributed by atoms with E-state index in [1.807, 2.05) is 0 Å². The van der Waals surface area contributed by atoms with Crippen LogP contribution in [0.2, 0.25) is 5.02 Å². The molecular weight excluding hydrogens is 326 g/mol. The van der Waals surface area contributed by atoms with E-state index in [2.05, 4.69) is 17.6 Å². The van der Waals surface area contributed by atoms with Crippen molar-refractivity contribution in [3.63, 3.8) is 0 Å². The second kappa shape index (κ2) is 9.33. The van der Waals surface area contributed by atoms with Crippen LogP contribution in [0.4, 0.5) is 4.39 Å². The number of nitrogens with one attached hydrogen (secondary N) is 2. The fourth-order valence-corrected chi connectivity index (χ4v) is 2.95. The molecule has 2 unspecified atom stereocenters. The smallest absolute Gasteiger partial charge is 0.220 e. The second-order valence-electron chi connectivity index (χ2n) is 5.81. The molecule has 124 valence electrons. The van der Waals surface area contributed by atoms with E-state index in [9.17, 15) is 9.18 Å². The number of halogens is 3. The van der Waals surface area contributed by atoms with Gasteiger partial charge < -0.3 is 10.6 Å². The normalized spacial score (nSPS) is 19.1. The van der Waals surface area contributed by atoms with Crippen molar-refractivity contribution in [2.24, 2.45) is 11.8 Å². The Bertz CT molecular complexity index is 493. The first-order chi connectivity index (χ1) is 10.1. The molecule has 1 aliphatic rings. The maximum absolute atomic E-state index is 13.1. The zero-order valence-corrected chi connectivity index (χ0v) is 14.3. The maximum Gasteiger partial charge on any atom is 0.220 e. The van der Waals surface area contributed by atoms with Gasteiger partial charge in [0.25, 0.3) is 0 Å². The minimum absolute atomic E-state index is 0. The Labute approximate surface area is 142 Å². The van der Waals surface area contributed by atoms with E-state index in [1.165, 1.54) is 18.9 Å². The fraction of sp³-hybridized carbons (Fsp3) is 0.562. The van der Waals surface area contributed by atoms with E-state index < -0.39 is 5.82 Å². The molecule has 6 heteroatoms. The van der Waals surface area contributed by atoms with Crippen LogP contribution in [0.15, 0.2) is 18.2 Å². The monoisotopic (exact) mass is 348 g/mol. The lowest BCUT2D eigenvalue weighted by molar-refractivity contribution is -0.122. The molecule has 22 heavy (non-hydrogen) atoms. The molecule has 2 rings (SSSR count). The van der Waals surface area contributed by atoms with Gasteiger partial charge in [-0.05, 0) is 55.5 Å². The Kier molecular flexibility index (Phi) is 8.15. The van der Waals surface area contributed by atoms with Crippen molar-refractivity contribution in [2.45, 2.75) is 32.7 Å². The van der Waals surface area contributed by atoms with Crippen LogP contribution in [0.25, 0.3) is 0 Å². The molecule has 0 spiro atoms. The number of piperidine rings is 1. The third-order valence-electron chi connectivity index (χ3n) is 4.12. The van der Waals surface area contributed by atoms with Gasteiger partial charge in [0.1, 0.15) is 5.82 Å². The lowest BCUT2D eigenvalue weighted by atomic mass is 9.85. The van der Waals surface area contributed by atoms with Crippen molar-refractivity contribution in [1.82, 2.24) is 10.6 Å². The van der Waals surface area contributed by atoms with Gasteiger partial charge in [-0.25, -0.2) is 4.39 Å². The molecule has 3 nitrogen and oxygen atoms in total. The van der Waals surface area contributed by atoms with E-state index in [4.69, 9.17) is 11.6 Å². The highest BCUT2D eigenvalue weighted by Gasteiger charge is 2.21. The lowest BCUT2D eigenvalue weighted by Gasteiger charge is -2.28. The minimum Gasteiger partial charge on any atom is -0.352 e. The first-order valence-corrected chi connectivity index (χ1v) is 7.85. The van der Waals surface area contributed by atoms with Crippen molar-refractivity contribution < 1.29 is 9.18 Å². The van der Waals surface area contributed by atoms with Gasteiger partial charge in [-0.2, -0.15) is 0 Å². The van der Waals surface area contributed by atoms with Crippen molar-refractivity contribution in [2.75, 3.05) is 13.1 Å². The van der Waals surface area contributed by atoms with Crippen LogP contribution in [0.3, 0.4) is 0 Å². The zero-order chi connectivity index (χ0) is 15.2. The molecule has 0 aromatic heterocycles. The molecule has 0 radical (unpaired) electrons. The Balaban J connectivity index is 0.00000242. The number of amides is 1. The Hall–Kier alpha value is -0.840. The summed E-state index contributed by atoms with van der Waals surface area (Å²) in [5.41, 5.74) is 0.807. The first-order valence-electron chi connectivity index (χ1n) is 7.47. The van der Waals surface area contributed by atoms with Crippen LogP contribution in [0, 0.1) is 17.7 Å². The quantitative estimate of drug-likeness (QED) is 0.854. The van der Waals surface area contributed by atoms with Gasteiger partial charge >= 0.3 is 0 Å². The van der Waals surface area contributed by atoms with Gasteiger partial charge in [0.15, 0.2) is 0 Å². The first kappa shape index (κ1) is 19.2. The van der Waals surface area contributed by atoms with E-state index >= 15 is 0 Å². The van der Waals surface area contributed by atoms with Crippen LogP contribution in [0.1, 0.15) is 31.7 Å². The number of rotatable bonds is 5. The summed E-state index contributed by atoms with van der Waals surface area (Å²) in [6.45, 7) is 4.60. The van der Waals surface area contributed by atoms with Crippen LogP contribution in [-0.2, 0) is 11.3 Å². The van der Waals surface area contributed by atoms with E-state index in [0.29, 0.717) is 24.8 Å². The maximum atomic E-state index is 13.1. The third kappa shape index (κ3) is 5.75. The minimum atomic E-state index is -0.440. The molecule has 0 saturated carbocycles. The SMILES string of the molecule is CC(CC(=O)NCc1ccc(F)c(Cl)c1)C1CCCNC1.Cl. The molecule has 1 saturated heterocycles. The molecule has 1 aliphatic heterocycles. The summed E-state index contributed by atoms with van der Waals surface area (Å²) >= 11 is 5.72. The van der Waals surface area contributed by atoms with Crippen LogP contribution < -0.4 is 10.6 Å². The number of carbonyl (C=O) groups is 1. The fourth-order valence-electron chi connectivity index (χ4n) is 2.75. The molecule has 1 amide bonds. The summed E-state index contributed by atoms with van der Waals surface area (Å²) in [4.78, 5) is 12.0. The predicted molar refractivity (Wildman–Crippen MR) is 89.9 cm³/mol. The summed E-state index contributed by atoms with van der Waals surface area (Å²) in [6, 6.07) is 4.50. The molecule has 0 aliphatic carbocycles. The van der Waals surface area contributed by atoms with Gasteiger partial charge in [0.05, 0.1) is 5.02 Å². The van der Waals surface area contributed by atoms with Crippen molar-refractivity contribution in [3.05, 3.63) is 34.6 Å². The van der Waals surface area contributed by atoms with Gasteiger partial charge in [-0.15, -0.1) is 12.4 Å². The van der Waals surface area contributed by atoms with Crippen LogP contribution in [0.5, 0.6) is 0 Å². The zero-order valence-electron chi connectivity index (χ0n) is 12.7. The number of benzene rings is 1. The highest BCUT2D eigenvalue weighted by atomic mass is 35.5. The third-order valence-corrected chi connectivity index (χ3v) is 4.41. The molecule has 0 bridgehead atoms. The molecule has 1 aromatic rings. The summed E-state index contributed by atoms with van der Waals surface area (Å²) in [5.74, 6) is 0.540. The molecule has 1 fully saturated rings. The number of hydrogen-bond donors (Lipinski definition) is 2. The number of hydrogen-bond acceptors (Lipinski definition) is 2. The Morgan fingerprint density at radius 3 is 2.95 bits per heavy atom. The van der Waals surface area contributed by atoms with Crippen molar-refractivity contribution in [3.8, 4) is 0 Å². The summed E-state index contributed by atoms with van der Waals surface area (Å²) in [5, 5.41) is 6.34. The van der Waals surface area contributed by atoms with Gasteiger partial charge in [-0.3, -0.25) is 4.79 Å². The van der Waals surface area contributed by atoms with Crippen molar-refractivity contribution >= 4 is 29.9 Å². The lowest BCUT2D eigenvalue weighted by Crippen LogP contribution is -2.35. The standard InChI is InChI=1S/C16H22ClFN2O.ClH/c1-11(13-3-2-6-19-10-13)7-16(21)20-9-12-4-5-15(18)14(17)8-12;/h4-5,8,11,13,19H,2-3,6-7,9-10H2,1H3,(H,20,21);1H. The van der Waals surface area contributed by atoms with E-state index in [0.717, 1.165) is 18.7 Å². The van der Waals surface area contributed by atoms with E-state index in [-0.39, 0.29) is 23.3 Å². The molecule has 1 heterocycles. The Morgan fingerprint density at radius 2 is 2.32 bits per heavy atom. The number of carbonyl (C=O) groups excluding carboxylic acids is 1. The van der Waals surface area contributed by atoms with E-state index in [1.54, 1.807) is 12.1 Å². The predicted octanol–water partition coefficient (Wildman–Crippen LogP) is 3.54. The largest absolute Gasteiger partial charge is 0.352 e. The Morgan fingerprint density at radius 1 is 1.55 bits per heavy atom. The summed E-state index contributed by atoms with van der Waals surface area (Å²) in [7, 11) is 0. The van der Waals surface area contributed by atoms with Gasteiger partial charge in [0, 0.05) is 13.0 Å². The molecule has 1 aromatic carbocycles. The second-order valence-corrected chi connectivity index (χ2v) is 6.22. The average Bonchev–Trinajstić information content (AvgIpc) is 2.49. The van der Waals surface area contributed by atoms with Crippen LogP contribution in [-0.4, -0.2) is 19.0 Å². The highest BCUT2D eigenvalue weighted by Crippen LogP contribution is 2.22. The molecular formula is C16H23Cl2FN2O.